The quantitative estimate of drug-likeness (QED) is 0.0204. The lowest BCUT2D eigenvalue weighted by molar-refractivity contribution is -0.359. The number of aliphatic hydroxyl groups excluding tert-OH is 8. The number of hydrogen-bond donors (Lipinski definition) is 9. The van der Waals surface area contributed by atoms with Crippen LogP contribution < -0.4 is 5.32 Å². The standard InChI is InChI=1S/C85H151NO13/c1-3-5-7-9-11-13-15-17-19-21-23-25-27-29-31-32-33-34-35-36-37-38-39-40-41-42-43-45-47-49-51-53-55-57-59-61-63-65-67-69-77(90)86-73(72-96-84-82(95)80(93)83(76(71-88)98-84)99-85-81(94)79(92)78(91)75(70-87)97-85)74(89)68-66-64-62-60-58-56-54-52-50-48-46-44-30-28-26-24-22-20-18-16-14-12-10-8-6-4-2/h5,7,11,13,17,19,23,25,29,31,33-34,58,60,66,68,73-76,78-85,87-89,91-95H,3-4,6,8-10,12,14-16,18,20-22,24,26-28,30,32,35-57,59,61-65,67,69-72H2,1-2H3,(H,86,90)/b7-5-,13-11-,19-17-,25-23-,31-29-,34-33-,60-58+,68-66+. The molecule has 0 radical (unpaired) electrons. The lowest BCUT2D eigenvalue weighted by Crippen LogP contribution is -2.65. The fourth-order valence-corrected chi connectivity index (χ4v) is 13.1. The summed E-state index contributed by atoms with van der Waals surface area (Å²) in [5.74, 6) is -0.245. The Morgan fingerprint density at radius 1 is 0.374 bits per heavy atom. The zero-order chi connectivity index (χ0) is 71.5. The number of carbonyl (C=O) groups excluding carboxylic acids is 1. The molecular weight excluding hydrogens is 1240 g/mol. The SMILES string of the molecule is CC/C=C\C/C=C\C/C=C\C/C=C\C/C=C\C/C=C\CCCCCCCCCCCCCCCCCCCCCCC(=O)NC(COC1OC(CO)C(OC2OC(CO)C(O)C(O)C2O)C(O)C1O)C(O)/C=C/CC/C=C/CCCCCCCCCCCCCCCCCCCCCC. The van der Waals surface area contributed by atoms with Crippen molar-refractivity contribution in [2.45, 2.75) is 415 Å². The van der Waals surface area contributed by atoms with Gasteiger partial charge in [-0.05, 0) is 83.5 Å². The van der Waals surface area contributed by atoms with E-state index in [1.54, 1.807) is 6.08 Å². The van der Waals surface area contributed by atoms with Gasteiger partial charge in [-0.2, -0.15) is 0 Å². The number of allylic oxidation sites excluding steroid dienone is 15. The van der Waals surface area contributed by atoms with Crippen molar-refractivity contribution in [2.75, 3.05) is 19.8 Å². The summed E-state index contributed by atoms with van der Waals surface area (Å²) >= 11 is 0. The molecule has 0 aliphatic carbocycles. The van der Waals surface area contributed by atoms with Gasteiger partial charge < -0.3 is 65.1 Å². The Kier molecular flexibility index (Phi) is 63.2. The van der Waals surface area contributed by atoms with E-state index in [1.807, 2.05) is 6.08 Å². The van der Waals surface area contributed by atoms with Crippen LogP contribution in [0.25, 0.3) is 0 Å². The summed E-state index contributed by atoms with van der Waals surface area (Å²) in [7, 11) is 0. The van der Waals surface area contributed by atoms with E-state index < -0.39 is 86.8 Å². The second-order valence-electron chi connectivity index (χ2n) is 28.5. The maximum atomic E-state index is 13.4. The molecule has 2 saturated heterocycles. The third kappa shape index (κ3) is 50.9. The Hall–Kier alpha value is -3.09. The second-order valence-corrected chi connectivity index (χ2v) is 28.5. The number of aliphatic hydroxyl groups is 8. The average Bonchev–Trinajstić information content (AvgIpc) is 0.794. The van der Waals surface area contributed by atoms with Crippen molar-refractivity contribution in [2.24, 2.45) is 0 Å². The second kappa shape index (κ2) is 68.0. The molecule has 0 bridgehead atoms. The maximum absolute atomic E-state index is 13.4. The van der Waals surface area contributed by atoms with Crippen molar-refractivity contribution in [1.29, 1.82) is 0 Å². The van der Waals surface area contributed by atoms with Crippen molar-refractivity contribution in [3.05, 3.63) is 97.2 Å². The summed E-state index contributed by atoms with van der Waals surface area (Å²) in [6.07, 6.45) is 80.7. The Morgan fingerprint density at radius 2 is 0.707 bits per heavy atom. The largest absolute Gasteiger partial charge is 0.394 e. The molecule has 12 unspecified atom stereocenters. The number of ether oxygens (including phenoxy) is 4. The normalized spacial score (nSPS) is 22.4. The number of amides is 1. The van der Waals surface area contributed by atoms with E-state index in [0.29, 0.717) is 12.8 Å². The summed E-state index contributed by atoms with van der Waals surface area (Å²) in [5.41, 5.74) is 0. The lowest BCUT2D eigenvalue weighted by atomic mass is 9.97. The number of nitrogens with one attached hydrogen (secondary N) is 1. The third-order valence-corrected chi connectivity index (χ3v) is 19.5. The van der Waals surface area contributed by atoms with Crippen LogP contribution in [-0.4, -0.2) is 140 Å². The molecule has 14 nitrogen and oxygen atoms in total. The predicted octanol–water partition coefficient (Wildman–Crippen LogP) is 18.9. The zero-order valence-electron chi connectivity index (χ0n) is 63.0. The third-order valence-electron chi connectivity index (χ3n) is 19.5. The van der Waals surface area contributed by atoms with Gasteiger partial charge in [0, 0.05) is 6.42 Å². The van der Waals surface area contributed by atoms with Gasteiger partial charge >= 0.3 is 0 Å². The van der Waals surface area contributed by atoms with E-state index >= 15 is 0 Å². The van der Waals surface area contributed by atoms with Crippen LogP contribution in [0.5, 0.6) is 0 Å². The molecule has 0 aromatic carbocycles. The molecular formula is C85H151NO13. The van der Waals surface area contributed by atoms with Crippen molar-refractivity contribution in [1.82, 2.24) is 5.32 Å². The summed E-state index contributed by atoms with van der Waals surface area (Å²) in [4.78, 5) is 13.4. The van der Waals surface area contributed by atoms with E-state index in [-0.39, 0.29) is 18.9 Å². The van der Waals surface area contributed by atoms with Crippen molar-refractivity contribution >= 4 is 5.91 Å². The minimum Gasteiger partial charge on any atom is -0.394 e. The van der Waals surface area contributed by atoms with Gasteiger partial charge in [0.2, 0.25) is 5.91 Å². The lowest BCUT2D eigenvalue weighted by Gasteiger charge is -2.46. The van der Waals surface area contributed by atoms with Gasteiger partial charge in [0.05, 0.1) is 32.0 Å². The first-order valence-electron chi connectivity index (χ1n) is 41.0. The minimum atomic E-state index is -1.79. The molecule has 0 aromatic heterocycles. The fourth-order valence-electron chi connectivity index (χ4n) is 13.1. The highest BCUT2D eigenvalue weighted by Gasteiger charge is 2.51. The Bertz CT molecular complexity index is 2040. The summed E-state index contributed by atoms with van der Waals surface area (Å²) < 4.78 is 22.9. The summed E-state index contributed by atoms with van der Waals surface area (Å²) in [6, 6.07) is -0.936. The average molecular weight is 1400 g/mol. The molecule has 2 aliphatic rings. The highest BCUT2D eigenvalue weighted by atomic mass is 16.7. The van der Waals surface area contributed by atoms with Gasteiger partial charge in [0.25, 0.3) is 0 Å². The van der Waals surface area contributed by atoms with Gasteiger partial charge in [-0.25, -0.2) is 0 Å². The van der Waals surface area contributed by atoms with Crippen LogP contribution in [0.15, 0.2) is 97.2 Å². The van der Waals surface area contributed by atoms with Crippen LogP contribution in [0, 0.1) is 0 Å². The molecule has 0 saturated carbocycles. The molecule has 14 heteroatoms. The van der Waals surface area contributed by atoms with Crippen LogP contribution in [0.3, 0.4) is 0 Å². The first kappa shape index (κ1) is 92.0. The van der Waals surface area contributed by atoms with Crippen LogP contribution >= 0.6 is 0 Å². The van der Waals surface area contributed by atoms with E-state index in [4.69, 9.17) is 18.9 Å². The van der Waals surface area contributed by atoms with Crippen molar-refractivity contribution < 1.29 is 64.6 Å². The van der Waals surface area contributed by atoms with Crippen molar-refractivity contribution in [3.8, 4) is 0 Å². The molecule has 2 heterocycles. The van der Waals surface area contributed by atoms with Crippen LogP contribution in [0.1, 0.15) is 341 Å². The van der Waals surface area contributed by atoms with Gasteiger partial charge in [-0.1, -0.05) is 349 Å². The Morgan fingerprint density at radius 3 is 1.11 bits per heavy atom. The zero-order valence-corrected chi connectivity index (χ0v) is 63.0. The molecule has 2 fully saturated rings. The molecule has 12 atom stereocenters. The van der Waals surface area contributed by atoms with E-state index in [0.717, 1.165) is 70.6 Å². The van der Waals surface area contributed by atoms with Crippen molar-refractivity contribution in [3.63, 3.8) is 0 Å². The molecule has 0 spiro atoms. The number of hydrogen-bond acceptors (Lipinski definition) is 13. The smallest absolute Gasteiger partial charge is 0.220 e. The Balaban J connectivity index is 1.60. The van der Waals surface area contributed by atoms with Gasteiger partial charge in [-0.15, -0.1) is 0 Å². The molecule has 2 rings (SSSR count). The highest BCUT2D eigenvalue weighted by molar-refractivity contribution is 5.76. The Labute approximate surface area is 604 Å². The number of unbranched alkanes of at least 4 members (excludes halogenated alkanes) is 41. The first-order chi connectivity index (χ1) is 48.6. The van der Waals surface area contributed by atoms with Gasteiger partial charge in [0.15, 0.2) is 12.6 Å². The molecule has 574 valence electrons. The summed E-state index contributed by atoms with van der Waals surface area (Å²) in [5, 5.41) is 87.7. The molecule has 0 aromatic rings. The first-order valence-corrected chi connectivity index (χ1v) is 41.0. The van der Waals surface area contributed by atoms with Gasteiger partial charge in [-0.3, -0.25) is 4.79 Å². The predicted molar refractivity (Wildman–Crippen MR) is 410 cm³/mol. The highest BCUT2D eigenvalue weighted by Crippen LogP contribution is 2.30. The van der Waals surface area contributed by atoms with E-state index in [1.165, 1.54) is 238 Å². The number of rotatable bonds is 68. The molecule has 9 N–H and O–H groups in total. The monoisotopic (exact) mass is 1390 g/mol. The number of carbonyl (C=O) groups is 1. The maximum Gasteiger partial charge on any atom is 0.220 e. The summed E-state index contributed by atoms with van der Waals surface area (Å²) in [6.45, 7) is 2.71. The van der Waals surface area contributed by atoms with Gasteiger partial charge in [0.1, 0.15) is 48.8 Å². The molecule has 1 amide bonds. The molecule has 2 aliphatic heterocycles. The van der Waals surface area contributed by atoms with E-state index in [9.17, 15) is 45.6 Å². The van der Waals surface area contributed by atoms with Crippen LogP contribution in [-0.2, 0) is 23.7 Å². The van der Waals surface area contributed by atoms with E-state index in [2.05, 4.69) is 104 Å². The topological polar surface area (TPSA) is 228 Å². The fraction of sp³-hybridized carbons (Fsp3) is 0.800. The van der Waals surface area contributed by atoms with Crippen LogP contribution in [0.4, 0.5) is 0 Å². The minimum absolute atomic E-state index is 0.245. The van der Waals surface area contributed by atoms with Crippen LogP contribution in [0.2, 0.25) is 0 Å². The molecule has 99 heavy (non-hydrogen) atoms.